The quantitative estimate of drug-likeness (QED) is 0.338. The standard InChI is InChI=1S/C10H10.2Li.2H/c1-8-4-2-5-9-6-3-7-10(8)9;;;;/h2-5,7H,6H2,1H3;;;;/q;2*+1;2*-1. The van der Waals surface area contributed by atoms with Crippen molar-refractivity contribution >= 4 is 6.08 Å². The van der Waals surface area contributed by atoms with Gasteiger partial charge in [-0.25, -0.2) is 0 Å². The second-order valence-electron chi connectivity index (χ2n) is 2.75. The van der Waals surface area contributed by atoms with Crippen LogP contribution in [0.3, 0.4) is 0 Å². The maximum absolute atomic E-state index is 2.22. The molecule has 1 aliphatic carbocycles. The minimum Gasteiger partial charge on any atom is -1.00 e. The van der Waals surface area contributed by atoms with Gasteiger partial charge in [0.1, 0.15) is 0 Å². The molecule has 1 aromatic carbocycles. The van der Waals surface area contributed by atoms with E-state index in [1.807, 2.05) is 0 Å². The first-order valence-electron chi connectivity index (χ1n) is 3.63. The summed E-state index contributed by atoms with van der Waals surface area (Å²) in [6, 6.07) is 6.48. The fourth-order valence-electron chi connectivity index (χ4n) is 1.46. The molecule has 0 saturated heterocycles. The van der Waals surface area contributed by atoms with E-state index in [4.69, 9.17) is 0 Å². The van der Waals surface area contributed by atoms with Gasteiger partial charge in [-0.1, -0.05) is 30.4 Å². The molecule has 0 bridgehead atoms. The van der Waals surface area contributed by atoms with Gasteiger partial charge in [0.2, 0.25) is 0 Å². The maximum Gasteiger partial charge on any atom is 1.00 e. The van der Waals surface area contributed by atoms with E-state index in [0.717, 1.165) is 6.42 Å². The molecule has 0 unspecified atom stereocenters. The molecular formula is C10H12Li2. The minimum atomic E-state index is 0. The van der Waals surface area contributed by atoms with Crippen molar-refractivity contribution < 1.29 is 40.6 Å². The summed E-state index contributed by atoms with van der Waals surface area (Å²) in [5, 5.41) is 0. The van der Waals surface area contributed by atoms with Crippen LogP contribution in [0.2, 0.25) is 0 Å². The smallest absolute Gasteiger partial charge is 1.00 e. The molecule has 0 amide bonds. The van der Waals surface area contributed by atoms with Gasteiger partial charge in [0.25, 0.3) is 0 Å². The van der Waals surface area contributed by atoms with E-state index in [1.54, 1.807) is 0 Å². The second kappa shape index (κ2) is 5.01. The first-order valence-corrected chi connectivity index (χ1v) is 3.63. The average molecular weight is 146 g/mol. The molecule has 0 nitrogen and oxygen atoms in total. The monoisotopic (exact) mass is 146 g/mol. The largest absolute Gasteiger partial charge is 1.00 e. The fraction of sp³-hybridized carbons (Fsp3) is 0.200. The van der Waals surface area contributed by atoms with Crippen molar-refractivity contribution in [2.45, 2.75) is 13.3 Å². The van der Waals surface area contributed by atoms with Crippen molar-refractivity contribution in [3.05, 3.63) is 41.0 Å². The third-order valence-electron chi connectivity index (χ3n) is 2.04. The van der Waals surface area contributed by atoms with Crippen LogP contribution < -0.4 is 37.7 Å². The van der Waals surface area contributed by atoms with E-state index in [2.05, 4.69) is 37.3 Å². The van der Waals surface area contributed by atoms with Gasteiger partial charge in [-0.3, -0.25) is 0 Å². The fourth-order valence-corrected chi connectivity index (χ4v) is 1.46. The first-order chi connectivity index (χ1) is 4.88. The van der Waals surface area contributed by atoms with Crippen LogP contribution in [0.5, 0.6) is 0 Å². The van der Waals surface area contributed by atoms with E-state index in [1.165, 1.54) is 16.7 Å². The minimum absolute atomic E-state index is 0. The molecule has 0 N–H and O–H groups in total. The van der Waals surface area contributed by atoms with Gasteiger partial charge in [-0.2, -0.15) is 0 Å². The third kappa shape index (κ3) is 2.10. The number of benzene rings is 1. The summed E-state index contributed by atoms with van der Waals surface area (Å²) in [5.74, 6) is 0. The Balaban J connectivity index is -0.000000302. The van der Waals surface area contributed by atoms with E-state index < -0.39 is 0 Å². The third-order valence-corrected chi connectivity index (χ3v) is 2.04. The van der Waals surface area contributed by atoms with Crippen LogP contribution >= 0.6 is 0 Å². The molecule has 0 saturated carbocycles. The van der Waals surface area contributed by atoms with Gasteiger partial charge in [-0.05, 0) is 30.0 Å². The number of hydrogen-bond donors (Lipinski definition) is 0. The van der Waals surface area contributed by atoms with E-state index in [9.17, 15) is 0 Å². The zero-order chi connectivity index (χ0) is 6.97. The van der Waals surface area contributed by atoms with Crippen LogP contribution in [0.1, 0.15) is 19.5 Å². The van der Waals surface area contributed by atoms with E-state index in [0.29, 0.717) is 0 Å². The molecule has 1 aliphatic rings. The molecule has 0 aliphatic heterocycles. The van der Waals surface area contributed by atoms with Gasteiger partial charge in [0.05, 0.1) is 0 Å². The van der Waals surface area contributed by atoms with Crippen LogP contribution in [0.4, 0.5) is 0 Å². The molecule has 2 rings (SSSR count). The molecule has 12 heavy (non-hydrogen) atoms. The molecule has 54 valence electrons. The molecule has 0 spiro atoms. The number of rotatable bonds is 0. The second-order valence-corrected chi connectivity index (χ2v) is 2.75. The Hall–Kier alpha value is 0.155. The van der Waals surface area contributed by atoms with Crippen LogP contribution in [0.25, 0.3) is 6.08 Å². The van der Waals surface area contributed by atoms with Gasteiger partial charge in [-0.15, -0.1) is 0 Å². The topological polar surface area (TPSA) is 0 Å². The first kappa shape index (κ1) is 12.2. The van der Waals surface area contributed by atoms with Crippen LogP contribution in [-0.2, 0) is 6.42 Å². The normalized spacial score (nSPS) is 11.4. The molecule has 1 aromatic rings. The summed E-state index contributed by atoms with van der Waals surface area (Å²) in [6.45, 7) is 2.16. The number of aryl methyl sites for hydroxylation is 1. The van der Waals surface area contributed by atoms with Gasteiger partial charge < -0.3 is 2.85 Å². The summed E-state index contributed by atoms with van der Waals surface area (Å²) in [5.41, 5.74) is 4.30. The molecule has 0 radical (unpaired) electrons. The average Bonchev–Trinajstić information content (AvgIpc) is 2.36. The summed E-state index contributed by atoms with van der Waals surface area (Å²) in [4.78, 5) is 0. The molecule has 0 fully saturated rings. The molecule has 0 aromatic heterocycles. The van der Waals surface area contributed by atoms with Gasteiger partial charge in [0, 0.05) is 0 Å². The van der Waals surface area contributed by atoms with E-state index >= 15 is 0 Å². The predicted molar refractivity (Wildman–Crippen MR) is 46.1 cm³/mol. The zero-order valence-corrected chi connectivity index (χ0v) is 8.09. The van der Waals surface area contributed by atoms with Crippen LogP contribution in [0, 0.1) is 6.92 Å². The van der Waals surface area contributed by atoms with Crippen LogP contribution in [0.15, 0.2) is 24.3 Å². The van der Waals surface area contributed by atoms with E-state index in [-0.39, 0.29) is 40.6 Å². The summed E-state index contributed by atoms with van der Waals surface area (Å²) in [6.07, 6.45) is 5.55. The number of fused-ring (bicyclic) bond motifs is 1. The molecule has 2 heteroatoms. The van der Waals surface area contributed by atoms with Crippen molar-refractivity contribution in [1.29, 1.82) is 0 Å². The molecule has 0 heterocycles. The van der Waals surface area contributed by atoms with Gasteiger partial charge >= 0.3 is 37.7 Å². The SMILES string of the molecule is Cc1cccc2c1C=CC2.[H-].[H-].[Li+].[Li+]. The van der Waals surface area contributed by atoms with Crippen molar-refractivity contribution in [3.63, 3.8) is 0 Å². The summed E-state index contributed by atoms with van der Waals surface area (Å²) in [7, 11) is 0. The van der Waals surface area contributed by atoms with Gasteiger partial charge in [0.15, 0.2) is 0 Å². The molecule has 0 atom stereocenters. The van der Waals surface area contributed by atoms with Crippen molar-refractivity contribution in [2.75, 3.05) is 0 Å². The zero-order valence-electron chi connectivity index (χ0n) is 10.1. The van der Waals surface area contributed by atoms with Crippen LogP contribution in [-0.4, -0.2) is 0 Å². The predicted octanol–water partition coefficient (Wildman–Crippen LogP) is -3.20. The Morgan fingerprint density at radius 3 is 2.67 bits per heavy atom. The Kier molecular flexibility index (Phi) is 5.07. The Morgan fingerprint density at radius 1 is 1.25 bits per heavy atom. The number of hydrogen-bond acceptors (Lipinski definition) is 0. The summed E-state index contributed by atoms with van der Waals surface area (Å²) < 4.78 is 0. The summed E-state index contributed by atoms with van der Waals surface area (Å²) >= 11 is 0. The maximum atomic E-state index is 2.22. The van der Waals surface area contributed by atoms with Crippen molar-refractivity contribution in [3.8, 4) is 0 Å². The van der Waals surface area contributed by atoms with Crippen molar-refractivity contribution in [1.82, 2.24) is 0 Å². The number of allylic oxidation sites excluding steroid dienone is 1. The Labute approximate surface area is 101 Å². The van der Waals surface area contributed by atoms with Crippen molar-refractivity contribution in [2.24, 2.45) is 0 Å². The molecular weight excluding hydrogens is 134 g/mol. The Morgan fingerprint density at radius 2 is 2.00 bits per heavy atom. The Bertz CT molecular complexity index is 298.